The first kappa shape index (κ1) is 17.6. The third-order valence-electron chi connectivity index (χ3n) is 5.26. The molecule has 0 bridgehead atoms. The molecule has 1 amide bonds. The minimum Gasteiger partial charge on any atom is -0.465 e. The fourth-order valence-corrected chi connectivity index (χ4v) is 4.88. The highest BCUT2D eigenvalue weighted by molar-refractivity contribution is 7.21. The van der Waals surface area contributed by atoms with Gasteiger partial charge in [0.25, 0.3) is 0 Å². The molecule has 3 aromatic heterocycles. The van der Waals surface area contributed by atoms with E-state index in [1.807, 2.05) is 42.7 Å². The monoisotopic (exact) mass is 406 g/mol. The molecule has 3 N–H and O–H groups in total. The van der Waals surface area contributed by atoms with E-state index in [9.17, 15) is 9.90 Å². The van der Waals surface area contributed by atoms with E-state index in [1.165, 1.54) is 22.6 Å². The number of carbonyl (C=O) groups is 1. The van der Waals surface area contributed by atoms with Crippen LogP contribution >= 0.6 is 11.3 Å². The van der Waals surface area contributed by atoms with Gasteiger partial charge in [-0.2, -0.15) is 0 Å². The van der Waals surface area contributed by atoms with E-state index in [4.69, 9.17) is 10.7 Å². The lowest BCUT2D eigenvalue weighted by atomic mass is 10.1. The number of nitrogens with zero attached hydrogens (tertiary/aromatic N) is 5. The molecule has 1 saturated heterocycles. The summed E-state index contributed by atoms with van der Waals surface area (Å²) in [5, 5.41) is 10.2. The van der Waals surface area contributed by atoms with Gasteiger partial charge < -0.3 is 20.3 Å². The van der Waals surface area contributed by atoms with Crippen LogP contribution in [-0.2, 0) is 0 Å². The Bertz CT molecular complexity index is 1200. The van der Waals surface area contributed by atoms with Crippen LogP contribution in [0.1, 0.15) is 12.5 Å². The van der Waals surface area contributed by atoms with Crippen LogP contribution in [0.3, 0.4) is 0 Å². The zero-order valence-corrected chi connectivity index (χ0v) is 16.2. The quantitative estimate of drug-likeness (QED) is 0.536. The normalized spacial score (nSPS) is 16.6. The average Bonchev–Trinajstić information content (AvgIpc) is 3.45. The van der Waals surface area contributed by atoms with Gasteiger partial charge >= 0.3 is 6.09 Å². The Morgan fingerprint density at radius 2 is 2.03 bits per heavy atom. The van der Waals surface area contributed by atoms with Crippen molar-refractivity contribution in [3.63, 3.8) is 0 Å². The number of nitrogens with two attached hydrogens (primary N) is 1. The van der Waals surface area contributed by atoms with Crippen molar-refractivity contribution < 1.29 is 9.90 Å². The van der Waals surface area contributed by atoms with Crippen LogP contribution in [0.25, 0.3) is 32.0 Å². The summed E-state index contributed by atoms with van der Waals surface area (Å²) < 4.78 is 2.10. The number of amides is 1. The van der Waals surface area contributed by atoms with Crippen LogP contribution in [0.15, 0.2) is 49.1 Å². The Balaban J connectivity index is 1.67. The van der Waals surface area contributed by atoms with Crippen LogP contribution in [0.4, 0.5) is 10.6 Å². The molecule has 9 heteroatoms. The topological polar surface area (TPSA) is 110 Å². The second kappa shape index (κ2) is 6.85. The van der Waals surface area contributed by atoms with Crippen molar-refractivity contribution in [3.05, 3.63) is 49.1 Å². The highest BCUT2D eigenvalue weighted by Gasteiger charge is 2.30. The molecule has 0 radical (unpaired) electrons. The number of carboxylic acid groups (broad SMARTS) is 1. The summed E-state index contributed by atoms with van der Waals surface area (Å²) in [4.78, 5) is 27.8. The molecule has 1 unspecified atom stereocenters. The van der Waals surface area contributed by atoms with E-state index in [0.29, 0.717) is 18.9 Å². The van der Waals surface area contributed by atoms with Gasteiger partial charge in [-0.15, -0.1) is 11.3 Å². The van der Waals surface area contributed by atoms with Gasteiger partial charge in [-0.1, -0.05) is 30.3 Å². The lowest BCUT2D eigenvalue weighted by Gasteiger charge is -2.16. The predicted molar refractivity (Wildman–Crippen MR) is 112 cm³/mol. The molecular weight excluding hydrogens is 388 g/mol. The summed E-state index contributed by atoms with van der Waals surface area (Å²) in [5.41, 5.74) is 8.86. The maximum Gasteiger partial charge on any atom is 0.407 e. The standard InChI is InChI=1S/C20H18N6O2S/c21-18-14-8-15(29-19(14)23-10-22-18)17-16(12-4-2-1-3-5-12)24-11-26(17)13-6-7-25(9-13)20(27)28/h1-5,8,10-11,13H,6-7,9H2,(H,27,28)(H2,21,22,23). The summed E-state index contributed by atoms with van der Waals surface area (Å²) in [6.45, 7) is 0.961. The molecule has 1 aromatic carbocycles. The molecule has 8 nitrogen and oxygen atoms in total. The van der Waals surface area contributed by atoms with Gasteiger partial charge in [-0.25, -0.2) is 19.7 Å². The largest absolute Gasteiger partial charge is 0.465 e. The number of imidazole rings is 1. The number of thiophene rings is 1. The first-order valence-corrected chi connectivity index (χ1v) is 10.0. The van der Waals surface area contributed by atoms with E-state index in [-0.39, 0.29) is 6.04 Å². The van der Waals surface area contributed by atoms with Gasteiger partial charge in [0.1, 0.15) is 17.0 Å². The van der Waals surface area contributed by atoms with Crippen LogP contribution < -0.4 is 5.73 Å². The number of hydrogen-bond acceptors (Lipinski definition) is 6. The van der Waals surface area contributed by atoms with Gasteiger partial charge in [0.2, 0.25) is 0 Å². The Labute approximate surface area is 170 Å². The van der Waals surface area contributed by atoms with Gasteiger partial charge in [-0.3, -0.25) is 0 Å². The molecule has 1 aliphatic heterocycles. The van der Waals surface area contributed by atoms with Gasteiger partial charge in [0.05, 0.1) is 34.0 Å². The molecular formula is C20H18N6O2S. The van der Waals surface area contributed by atoms with Crippen molar-refractivity contribution in [3.8, 4) is 21.8 Å². The summed E-state index contributed by atoms with van der Waals surface area (Å²) in [5.74, 6) is 0.447. The van der Waals surface area contributed by atoms with Crippen molar-refractivity contribution in [2.75, 3.05) is 18.8 Å². The number of nitrogen functional groups attached to an aromatic ring is 1. The Morgan fingerprint density at radius 3 is 2.76 bits per heavy atom. The first-order valence-electron chi connectivity index (χ1n) is 9.22. The molecule has 4 aromatic rings. The summed E-state index contributed by atoms with van der Waals surface area (Å²) >= 11 is 1.54. The number of benzene rings is 1. The number of fused-ring (bicyclic) bond motifs is 1. The van der Waals surface area contributed by atoms with Crippen molar-refractivity contribution >= 4 is 33.5 Å². The molecule has 146 valence electrons. The van der Waals surface area contributed by atoms with Crippen molar-refractivity contribution in [1.29, 1.82) is 0 Å². The molecule has 1 atom stereocenters. The number of likely N-dealkylation sites (tertiary alicyclic amines) is 1. The maximum atomic E-state index is 11.4. The number of anilines is 1. The second-order valence-electron chi connectivity index (χ2n) is 6.97. The summed E-state index contributed by atoms with van der Waals surface area (Å²) in [7, 11) is 0. The lowest BCUT2D eigenvalue weighted by Crippen LogP contribution is -2.27. The number of hydrogen-bond donors (Lipinski definition) is 2. The van der Waals surface area contributed by atoms with Crippen LogP contribution in [0.2, 0.25) is 0 Å². The lowest BCUT2D eigenvalue weighted by molar-refractivity contribution is 0.154. The number of rotatable bonds is 3. The van der Waals surface area contributed by atoms with Crippen molar-refractivity contribution in [2.24, 2.45) is 0 Å². The van der Waals surface area contributed by atoms with E-state index in [1.54, 1.807) is 0 Å². The summed E-state index contributed by atoms with van der Waals surface area (Å²) in [6.07, 6.45) is 3.14. The molecule has 1 fully saturated rings. The van der Waals surface area contributed by atoms with Crippen LogP contribution in [0, 0.1) is 0 Å². The van der Waals surface area contributed by atoms with Gasteiger partial charge in [0.15, 0.2) is 0 Å². The van der Waals surface area contributed by atoms with Crippen molar-refractivity contribution in [2.45, 2.75) is 12.5 Å². The predicted octanol–water partition coefficient (Wildman–Crippen LogP) is 3.73. The zero-order chi connectivity index (χ0) is 20.0. The van der Waals surface area contributed by atoms with Crippen LogP contribution in [-0.4, -0.2) is 48.7 Å². The van der Waals surface area contributed by atoms with Gasteiger partial charge in [-0.05, 0) is 12.5 Å². The Morgan fingerprint density at radius 1 is 1.21 bits per heavy atom. The second-order valence-corrected chi connectivity index (χ2v) is 8.01. The number of aromatic nitrogens is 4. The fraction of sp³-hybridized carbons (Fsp3) is 0.200. The van der Waals surface area contributed by atoms with E-state index in [2.05, 4.69) is 14.5 Å². The molecule has 1 aliphatic rings. The van der Waals surface area contributed by atoms with Crippen molar-refractivity contribution in [1.82, 2.24) is 24.4 Å². The molecule has 5 rings (SSSR count). The Hall–Kier alpha value is -3.46. The highest BCUT2D eigenvalue weighted by atomic mass is 32.1. The highest BCUT2D eigenvalue weighted by Crippen LogP contribution is 2.41. The summed E-state index contributed by atoms with van der Waals surface area (Å²) in [6, 6.07) is 12.0. The minimum atomic E-state index is -0.887. The Kier molecular flexibility index (Phi) is 4.17. The average molecular weight is 406 g/mol. The third kappa shape index (κ3) is 2.99. The van der Waals surface area contributed by atoms with Gasteiger partial charge in [0, 0.05) is 18.7 Å². The SMILES string of the molecule is Nc1ncnc2sc(-c3c(-c4ccccc4)ncn3C3CCN(C(=O)O)C3)cc12. The maximum absolute atomic E-state index is 11.4. The van der Waals surface area contributed by atoms with E-state index in [0.717, 1.165) is 38.5 Å². The fourth-order valence-electron chi connectivity index (χ4n) is 3.82. The molecule has 0 saturated carbocycles. The van der Waals surface area contributed by atoms with E-state index < -0.39 is 6.09 Å². The molecule has 0 spiro atoms. The molecule has 0 aliphatic carbocycles. The first-order chi connectivity index (χ1) is 14.1. The van der Waals surface area contributed by atoms with E-state index >= 15 is 0 Å². The van der Waals surface area contributed by atoms with Crippen LogP contribution in [0.5, 0.6) is 0 Å². The molecule has 4 heterocycles. The minimum absolute atomic E-state index is 0.0275. The molecule has 29 heavy (non-hydrogen) atoms. The zero-order valence-electron chi connectivity index (χ0n) is 15.4. The third-order valence-corrected chi connectivity index (χ3v) is 6.31. The smallest absolute Gasteiger partial charge is 0.407 e.